The average Bonchev–Trinajstić information content (AvgIpc) is 2.73. The van der Waals surface area contributed by atoms with Gasteiger partial charge in [0, 0.05) is 17.8 Å². The third-order valence-corrected chi connectivity index (χ3v) is 6.51. The number of fused-ring (bicyclic) bond motifs is 1. The molecule has 0 saturated carbocycles. The molecule has 0 N–H and O–H groups in total. The second-order valence-electron chi connectivity index (χ2n) is 7.76. The second kappa shape index (κ2) is 8.33. The van der Waals surface area contributed by atoms with Gasteiger partial charge in [0.05, 0.1) is 15.4 Å². The molecule has 4 nitrogen and oxygen atoms in total. The summed E-state index contributed by atoms with van der Waals surface area (Å²) < 4.78 is 29.7. The molecule has 6 heteroatoms. The number of para-hydroxylation sites is 1. The number of pyridine rings is 1. The topological polar surface area (TPSA) is 56.3 Å². The average molecular weight is 452 g/mol. The summed E-state index contributed by atoms with van der Waals surface area (Å²) in [5, 5.41) is 1.59. The lowest BCUT2D eigenvalue weighted by atomic mass is 9.91. The molecule has 0 radical (unpaired) electrons. The number of hydrogen-bond donors (Lipinski definition) is 0. The molecular weight excluding hydrogens is 430 g/mol. The second-order valence-corrected chi connectivity index (χ2v) is 10.2. The molecule has 0 bridgehead atoms. The smallest absolute Gasteiger partial charge is 0.175 e. The lowest BCUT2D eigenvalue weighted by Gasteiger charge is -2.17. The van der Waals surface area contributed by atoms with Crippen LogP contribution in [0.15, 0.2) is 77.8 Å². The van der Waals surface area contributed by atoms with Crippen molar-refractivity contribution in [2.24, 2.45) is 0 Å². The van der Waals surface area contributed by atoms with Crippen LogP contribution >= 0.6 is 11.6 Å². The predicted octanol–water partition coefficient (Wildman–Crippen LogP) is 6.87. The Hall–Kier alpha value is -2.89. The summed E-state index contributed by atoms with van der Waals surface area (Å²) in [7, 11) is -3.31. The van der Waals surface area contributed by atoms with E-state index in [0.29, 0.717) is 16.5 Å². The first-order valence-electron chi connectivity index (χ1n) is 9.89. The molecular formula is C25H22ClNO3S. The van der Waals surface area contributed by atoms with Crippen LogP contribution in [0.4, 0.5) is 0 Å². The van der Waals surface area contributed by atoms with Gasteiger partial charge in [-0.3, -0.25) is 4.98 Å². The van der Waals surface area contributed by atoms with Crippen LogP contribution in [0.3, 0.4) is 0 Å². The molecule has 1 heterocycles. The van der Waals surface area contributed by atoms with Crippen LogP contribution in [0.2, 0.25) is 5.02 Å². The first-order chi connectivity index (χ1) is 14.7. The van der Waals surface area contributed by atoms with Crippen LogP contribution in [0.1, 0.15) is 25.3 Å². The number of hydrogen-bond acceptors (Lipinski definition) is 4. The largest absolute Gasteiger partial charge is 0.457 e. The molecule has 0 aliphatic carbocycles. The Kier molecular flexibility index (Phi) is 5.73. The first kappa shape index (κ1) is 21.3. The number of halogens is 1. The highest BCUT2D eigenvalue weighted by molar-refractivity contribution is 7.90. The van der Waals surface area contributed by atoms with E-state index in [1.807, 2.05) is 48.7 Å². The van der Waals surface area contributed by atoms with E-state index in [9.17, 15) is 8.42 Å². The zero-order chi connectivity index (χ0) is 22.2. The number of benzene rings is 3. The summed E-state index contributed by atoms with van der Waals surface area (Å²) in [4.78, 5) is 4.81. The van der Waals surface area contributed by atoms with E-state index in [1.165, 1.54) is 12.3 Å². The Balaban J connectivity index is 1.82. The van der Waals surface area contributed by atoms with Gasteiger partial charge in [0.25, 0.3) is 0 Å². The zero-order valence-corrected chi connectivity index (χ0v) is 19.0. The van der Waals surface area contributed by atoms with E-state index in [4.69, 9.17) is 16.3 Å². The molecule has 0 aliphatic heterocycles. The van der Waals surface area contributed by atoms with Crippen molar-refractivity contribution in [3.05, 3.63) is 83.5 Å². The molecule has 3 aromatic carbocycles. The van der Waals surface area contributed by atoms with Gasteiger partial charge in [-0.25, -0.2) is 8.42 Å². The molecule has 4 rings (SSSR count). The summed E-state index contributed by atoms with van der Waals surface area (Å²) in [5.41, 5.74) is 3.93. The number of rotatable bonds is 5. The van der Waals surface area contributed by atoms with Crippen molar-refractivity contribution >= 4 is 32.3 Å². The summed E-state index contributed by atoms with van der Waals surface area (Å²) in [6.07, 6.45) is 3.07. The molecule has 158 valence electrons. The van der Waals surface area contributed by atoms with Gasteiger partial charge in [0.1, 0.15) is 11.5 Å². The summed E-state index contributed by atoms with van der Waals surface area (Å²) in [6.45, 7) is 4.27. The normalized spacial score (nSPS) is 11.8. The van der Waals surface area contributed by atoms with Crippen LogP contribution in [0.5, 0.6) is 11.5 Å². The Morgan fingerprint density at radius 1 is 0.935 bits per heavy atom. The van der Waals surface area contributed by atoms with Crippen molar-refractivity contribution in [2.75, 3.05) is 6.26 Å². The SMILES string of the molecule is CC(C)c1cnc2c(Cl)cccc2c1-c1cccc(Oc2cccc(S(C)(=O)=O)c2)c1. The maximum absolute atomic E-state index is 11.9. The summed E-state index contributed by atoms with van der Waals surface area (Å²) in [6, 6.07) is 20.0. The standard InChI is InChI=1S/C25H22ClNO3S/c1-16(2)22-15-27-25-21(11-6-12-23(25)26)24(22)17-7-4-8-18(13-17)30-19-9-5-10-20(14-19)31(3,28)29/h4-16H,1-3H3. The predicted molar refractivity (Wildman–Crippen MR) is 126 cm³/mol. The molecule has 0 saturated heterocycles. The maximum Gasteiger partial charge on any atom is 0.175 e. The van der Waals surface area contributed by atoms with Crippen molar-refractivity contribution in [2.45, 2.75) is 24.7 Å². The Morgan fingerprint density at radius 3 is 2.32 bits per heavy atom. The minimum absolute atomic E-state index is 0.220. The fourth-order valence-electron chi connectivity index (χ4n) is 3.58. The fraction of sp³-hybridized carbons (Fsp3) is 0.160. The van der Waals surface area contributed by atoms with E-state index < -0.39 is 9.84 Å². The quantitative estimate of drug-likeness (QED) is 0.332. The van der Waals surface area contributed by atoms with E-state index in [2.05, 4.69) is 18.8 Å². The molecule has 31 heavy (non-hydrogen) atoms. The van der Waals surface area contributed by atoms with Crippen molar-refractivity contribution < 1.29 is 13.2 Å². The molecule has 0 aliphatic rings. The van der Waals surface area contributed by atoms with Gasteiger partial charge in [0.15, 0.2) is 9.84 Å². The zero-order valence-electron chi connectivity index (χ0n) is 17.5. The van der Waals surface area contributed by atoms with Crippen LogP contribution in [0, 0.1) is 0 Å². The lowest BCUT2D eigenvalue weighted by Crippen LogP contribution is -1.98. The Labute approximate surface area is 187 Å². The lowest BCUT2D eigenvalue weighted by molar-refractivity contribution is 0.481. The fourth-order valence-corrected chi connectivity index (χ4v) is 4.46. The van der Waals surface area contributed by atoms with Gasteiger partial charge >= 0.3 is 0 Å². The van der Waals surface area contributed by atoms with Crippen LogP contribution in [-0.4, -0.2) is 19.7 Å². The van der Waals surface area contributed by atoms with Crippen LogP contribution < -0.4 is 4.74 Å². The van der Waals surface area contributed by atoms with Gasteiger partial charge in [0.2, 0.25) is 0 Å². The monoisotopic (exact) mass is 451 g/mol. The summed E-state index contributed by atoms with van der Waals surface area (Å²) in [5.74, 6) is 1.35. The van der Waals surface area contributed by atoms with E-state index in [1.54, 1.807) is 18.2 Å². The van der Waals surface area contributed by atoms with Crippen LogP contribution in [-0.2, 0) is 9.84 Å². The number of sulfone groups is 1. The van der Waals surface area contributed by atoms with Gasteiger partial charge in [-0.1, -0.05) is 55.8 Å². The number of aromatic nitrogens is 1. The minimum Gasteiger partial charge on any atom is -0.457 e. The molecule has 0 fully saturated rings. The Bertz CT molecular complexity index is 1380. The summed E-state index contributed by atoms with van der Waals surface area (Å²) >= 11 is 6.40. The Morgan fingerprint density at radius 2 is 1.61 bits per heavy atom. The van der Waals surface area contributed by atoms with Crippen LogP contribution in [0.25, 0.3) is 22.0 Å². The van der Waals surface area contributed by atoms with E-state index in [0.717, 1.165) is 27.6 Å². The minimum atomic E-state index is -3.31. The maximum atomic E-state index is 11.9. The molecule has 0 atom stereocenters. The van der Waals surface area contributed by atoms with E-state index in [-0.39, 0.29) is 10.8 Å². The molecule has 0 spiro atoms. The van der Waals surface area contributed by atoms with Crippen molar-refractivity contribution in [1.29, 1.82) is 0 Å². The van der Waals surface area contributed by atoms with Gasteiger partial charge in [-0.2, -0.15) is 0 Å². The highest BCUT2D eigenvalue weighted by atomic mass is 35.5. The van der Waals surface area contributed by atoms with Gasteiger partial charge in [-0.15, -0.1) is 0 Å². The van der Waals surface area contributed by atoms with Gasteiger partial charge < -0.3 is 4.74 Å². The number of ether oxygens (including phenoxy) is 1. The first-order valence-corrected chi connectivity index (χ1v) is 12.2. The molecule has 1 aromatic heterocycles. The number of nitrogens with zero attached hydrogens (tertiary/aromatic N) is 1. The molecule has 4 aromatic rings. The van der Waals surface area contributed by atoms with Crippen molar-refractivity contribution in [3.8, 4) is 22.6 Å². The van der Waals surface area contributed by atoms with Gasteiger partial charge in [-0.05, 0) is 59.0 Å². The third kappa shape index (κ3) is 4.43. The third-order valence-electron chi connectivity index (χ3n) is 5.09. The van der Waals surface area contributed by atoms with E-state index >= 15 is 0 Å². The van der Waals surface area contributed by atoms with Crippen molar-refractivity contribution in [1.82, 2.24) is 4.98 Å². The highest BCUT2D eigenvalue weighted by Crippen LogP contribution is 2.38. The molecule has 0 amide bonds. The molecule has 0 unspecified atom stereocenters. The highest BCUT2D eigenvalue weighted by Gasteiger charge is 2.16. The van der Waals surface area contributed by atoms with Crippen molar-refractivity contribution in [3.63, 3.8) is 0 Å².